The van der Waals surface area contributed by atoms with Crippen molar-refractivity contribution < 1.29 is 9.50 Å². The fourth-order valence-electron chi connectivity index (χ4n) is 0.777. The van der Waals surface area contributed by atoms with Crippen LogP contribution in [0.15, 0.2) is 12.3 Å². The van der Waals surface area contributed by atoms with E-state index in [1.807, 2.05) is 0 Å². The third-order valence-corrected chi connectivity index (χ3v) is 1.28. The molecule has 0 aliphatic rings. The van der Waals surface area contributed by atoms with Crippen LogP contribution < -0.4 is 5.73 Å². The number of nitrogens with zero attached hydrogens (tertiary/aromatic N) is 1. The lowest BCUT2D eigenvalue weighted by molar-refractivity contribution is 0.463. The fraction of sp³-hybridized carbons (Fsp3) is 0.286. The molecular weight excluding hydrogens is 147 g/mol. The Bertz CT molecular complexity index is 252. The van der Waals surface area contributed by atoms with Gasteiger partial charge >= 0.3 is 0 Å². The van der Waals surface area contributed by atoms with Crippen LogP contribution in [-0.4, -0.2) is 16.6 Å². The summed E-state index contributed by atoms with van der Waals surface area (Å²) in [5.41, 5.74) is 5.49. The number of rotatable bonds is 2. The lowest BCUT2D eigenvalue weighted by atomic mass is 10.2. The van der Waals surface area contributed by atoms with Gasteiger partial charge in [0.15, 0.2) is 0 Å². The standard InChI is InChI=1S/C7H9FN2O/c8-6-3-5(11)4-10-7(6)1-2-9/h3-4,11H,1-2,9H2. The second-order valence-electron chi connectivity index (χ2n) is 2.16. The minimum absolute atomic E-state index is 0.164. The van der Waals surface area contributed by atoms with E-state index < -0.39 is 5.82 Å². The van der Waals surface area contributed by atoms with Crippen LogP contribution in [0.3, 0.4) is 0 Å². The molecule has 0 unspecified atom stereocenters. The van der Waals surface area contributed by atoms with Crippen LogP contribution in [0.4, 0.5) is 4.39 Å². The summed E-state index contributed by atoms with van der Waals surface area (Å²) in [6.45, 7) is 0.356. The van der Waals surface area contributed by atoms with Gasteiger partial charge in [-0.25, -0.2) is 4.39 Å². The van der Waals surface area contributed by atoms with E-state index in [1.165, 1.54) is 6.20 Å². The normalized spacial score (nSPS) is 10.0. The van der Waals surface area contributed by atoms with Crippen molar-refractivity contribution in [3.8, 4) is 5.75 Å². The molecule has 3 N–H and O–H groups in total. The number of hydrogen-bond donors (Lipinski definition) is 2. The molecule has 1 aromatic heterocycles. The van der Waals surface area contributed by atoms with Gasteiger partial charge in [-0.2, -0.15) is 0 Å². The number of aromatic nitrogens is 1. The van der Waals surface area contributed by atoms with Crippen molar-refractivity contribution in [1.82, 2.24) is 4.98 Å². The molecule has 60 valence electrons. The van der Waals surface area contributed by atoms with Crippen molar-refractivity contribution in [2.45, 2.75) is 6.42 Å². The van der Waals surface area contributed by atoms with E-state index in [9.17, 15) is 4.39 Å². The SMILES string of the molecule is NCCc1ncc(O)cc1F. The highest BCUT2D eigenvalue weighted by Gasteiger charge is 2.02. The van der Waals surface area contributed by atoms with Crippen LogP contribution in [0.25, 0.3) is 0 Å². The monoisotopic (exact) mass is 156 g/mol. The van der Waals surface area contributed by atoms with E-state index in [1.54, 1.807) is 0 Å². The Hall–Kier alpha value is -1.16. The first-order chi connectivity index (χ1) is 5.24. The van der Waals surface area contributed by atoms with Gasteiger partial charge in [0.2, 0.25) is 0 Å². The van der Waals surface area contributed by atoms with Crippen LogP contribution in [0.5, 0.6) is 5.75 Å². The highest BCUT2D eigenvalue weighted by molar-refractivity contribution is 5.20. The zero-order chi connectivity index (χ0) is 8.27. The summed E-state index contributed by atoms with van der Waals surface area (Å²) in [6.07, 6.45) is 1.60. The average molecular weight is 156 g/mol. The maximum atomic E-state index is 12.8. The lowest BCUT2D eigenvalue weighted by Gasteiger charge is -1.99. The molecule has 0 spiro atoms. The van der Waals surface area contributed by atoms with Crippen molar-refractivity contribution in [2.75, 3.05) is 6.54 Å². The van der Waals surface area contributed by atoms with Crippen LogP contribution in [0.1, 0.15) is 5.69 Å². The fourth-order valence-corrected chi connectivity index (χ4v) is 0.777. The third-order valence-electron chi connectivity index (χ3n) is 1.28. The van der Waals surface area contributed by atoms with Gasteiger partial charge in [-0.15, -0.1) is 0 Å². The van der Waals surface area contributed by atoms with Crippen LogP contribution in [0.2, 0.25) is 0 Å². The molecule has 0 fully saturated rings. The quantitative estimate of drug-likeness (QED) is 0.652. The Morgan fingerprint density at radius 3 is 2.91 bits per heavy atom. The Morgan fingerprint density at radius 2 is 2.36 bits per heavy atom. The first-order valence-corrected chi connectivity index (χ1v) is 3.27. The molecule has 1 heterocycles. The predicted octanol–water partition coefficient (Wildman–Crippen LogP) is 0.427. The molecule has 4 heteroatoms. The Kier molecular flexibility index (Phi) is 2.38. The molecule has 1 rings (SSSR count). The number of hydrogen-bond acceptors (Lipinski definition) is 3. The van der Waals surface area contributed by atoms with Crippen LogP contribution in [-0.2, 0) is 6.42 Å². The van der Waals surface area contributed by atoms with E-state index in [0.717, 1.165) is 6.07 Å². The Labute approximate surface area is 63.7 Å². The summed E-state index contributed by atoms with van der Waals surface area (Å²) in [6, 6.07) is 1.03. The highest BCUT2D eigenvalue weighted by atomic mass is 19.1. The summed E-state index contributed by atoms with van der Waals surface area (Å²) < 4.78 is 12.8. The molecule has 0 aromatic carbocycles. The van der Waals surface area contributed by atoms with Gasteiger partial charge < -0.3 is 10.8 Å². The zero-order valence-electron chi connectivity index (χ0n) is 5.92. The maximum absolute atomic E-state index is 12.8. The molecule has 0 saturated carbocycles. The first-order valence-electron chi connectivity index (χ1n) is 3.27. The topological polar surface area (TPSA) is 59.1 Å². The maximum Gasteiger partial charge on any atom is 0.148 e. The van der Waals surface area contributed by atoms with Crippen LogP contribution in [0, 0.1) is 5.82 Å². The molecule has 1 aromatic rings. The Morgan fingerprint density at radius 1 is 1.64 bits per heavy atom. The first kappa shape index (κ1) is 7.94. The van der Waals surface area contributed by atoms with Gasteiger partial charge in [-0.3, -0.25) is 4.98 Å². The third kappa shape index (κ3) is 1.88. The molecule has 0 aliphatic heterocycles. The van der Waals surface area contributed by atoms with Gasteiger partial charge in [0.1, 0.15) is 11.6 Å². The van der Waals surface area contributed by atoms with Crippen molar-refractivity contribution in [2.24, 2.45) is 5.73 Å². The summed E-state index contributed by atoms with van der Waals surface area (Å²) in [5, 5.41) is 8.77. The number of pyridine rings is 1. The number of aromatic hydroxyl groups is 1. The van der Waals surface area contributed by atoms with Gasteiger partial charge in [0, 0.05) is 12.5 Å². The minimum Gasteiger partial charge on any atom is -0.506 e. The van der Waals surface area contributed by atoms with E-state index in [4.69, 9.17) is 10.8 Å². The molecule has 3 nitrogen and oxygen atoms in total. The van der Waals surface area contributed by atoms with E-state index in [0.29, 0.717) is 18.7 Å². The zero-order valence-corrected chi connectivity index (χ0v) is 5.92. The molecule has 0 atom stereocenters. The summed E-state index contributed by atoms with van der Waals surface area (Å²) >= 11 is 0. The molecule has 0 amide bonds. The van der Waals surface area contributed by atoms with Crippen molar-refractivity contribution in [3.05, 3.63) is 23.8 Å². The molecule has 11 heavy (non-hydrogen) atoms. The molecule has 0 radical (unpaired) electrons. The van der Waals surface area contributed by atoms with Gasteiger partial charge in [-0.05, 0) is 6.54 Å². The Balaban J connectivity index is 2.90. The number of halogens is 1. The van der Waals surface area contributed by atoms with Crippen molar-refractivity contribution in [3.63, 3.8) is 0 Å². The summed E-state index contributed by atoms with van der Waals surface area (Å²) in [5.74, 6) is -0.668. The van der Waals surface area contributed by atoms with Crippen molar-refractivity contribution >= 4 is 0 Å². The summed E-state index contributed by atoms with van der Waals surface area (Å²) in [7, 11) is 0. The van der Waals surface area contributed by atoms with Crippen LogP contribution >= 0.6 is 0 Å². The molecule has 0 saturated heterocycles. The molecule has 0 aliphatic carbocycles. The lowest BCUT2D eigenvalue weighted by Crippen LogP contribution is -2.06. The van der Waals surface area contributed by atoms with Gasteiger partial charge in [0.25, 0.3) is 0 Å². The summed E-state index contributed by atoms with van der Waals surface area (Å²) in [4.78, 5) is 3.66. The molecular formula is C7H9FN2O. The highest BCUT2D eigenvalue weighted by Crippen LogP contribution is 2.11. The smallest absolute Gasteiger partial charge is 0.148 e. The van der Waals surface area contributed by atoms with Gasteiger partial charge in [0.05, 0.1) is 11.9 Å². The largest absolute Gasteiger partial charge is 0.506 e. The van der Waals surface area contributed by atoms with E-state index >= 15 is 0 Å². The van der Waals surface area contributed by atoms with Crippen molar-refractivity contribution in [1.29, 1.82) is 0 Å². The van der Waals surface area contributed by atoms with E-state index in [2.05, 4.69) is 4.98 Å². The second kappa shape index (κ2) is 3.30. The second-order valence-corrected chi connectivity index (χ2v) is 2.16. The predicted molar refractivity (Wildman–Crippen MR) is 38.6 cm³/mol. The van der Waals surface area contributed by atoms with Gasteiger partial charge in [-0.1, -0.05) is 0 Å². The van der Waals surface area contributed by atoms with E-state index in [-0.39, 0.29) is 5.75 Å². The number of nitrogens with two attached hydrogens (primary N) is 1. The minimum atomic E-state index is -0.504. The average Bonchev–Trinajstić information content (AvgIpc) is 1.95. The molecule has 0 bridgehead atoms.